The van der Waals surface area contributed by atoms with E-state index in [9.17, 15) is 4.39 Å². The lowest BCUT2D eigenvalue weighted by Gasteiger charge is -2.29. The van der Waals surface area contributed by atoms with Gasteiger partial charge in [0.2, 0.25) is 0 Å². The topological polar surface area (TPSA) is 42.3 Å². The number of anilines is 1. The number of pyridine rings is 1. The fourth-order valence-electron chi connectivity index (χ4n) is 4.22. The van der Waals surface area contributed by atoms with E-state index in [1.165, 1.54) is 12.1 Å². The highest BCUT2D eigenvalue weighted by Gasteiger charge is 2.43. The number of halogens is 1. The SMILES string of the molecule is COc1ccccc1N1C(=S)NC(c2ccccn2)C1c1cccn1-c1ccc(F)cc1. The van der Waals surface area contributed by atoms with E-state index in [4.69, 9.17) is 17.0 Å². The molecule has 2 unspecified atom stereocenters. The first-order valence-electron chi connectivity index (χ1n) is 10.2. The molecule has 0 amide bonds. The maximum absolute atomic E-state index is 13.6. The molecule has 160 valence electrons. The van der Waals surface area contributed by atoms with Crippen LogP contribution in [0.4, 0.5) is 10.1 Å². The van der Waals surface area contributed by atoms with Crippen molar-refractivity contribution in [2.24, 2.45) is 0 Å². The van der Waals surface area contributed by atoms with Crippen LogP contribution < -0.4 is 15.0 Å². The molecule has 0 radical (unpaired) electrons. The number of aromatic nitrogens is 2. The Labute approximate surface area is 191 Å². The van der Waals surface area contributed by atoms with Crippen LogP contribution in [-0.2, 0) is 0 Å². The minimum absolute atomic E-state index is 0.192. The summed E-state index contributed by atoms with van der Waals surface area (Å²) in [7, 11) is 1.65. The molecule has 2 aromatic heterocycles. The van der Waals surface area contributed by atoms with Crippen molar-refractivity contribution in [1.29, 1.82) is 0 Å². The zero-order chi connectivity index (χ0) is 22.1. The fraction of sp³-hybridized carbons (Fsp3) is 0.120. The monoisotopic (exact) mass is 444 g/mol. The van der Waals surface area contributed by atoms with E-state index in [-0.39, 0.29) is 17.9 Å². The molecule has 1 N–H and O–H groups in total. The van der Waals surface area contributed by atoms with E-state index >= 15 is 0 Å². The van der Waals surface area contributed by atoms with E-state index in [1.54, 1.807) is 25.4 Å². The summed E-state index contributed by atoms with van der Waals surface area (Å²) in [4.78, 5) is 6.67. The van der Waals surface area contributed by atoms with Gasteiger partial charge in [0, 0.05) is 23.8 Å². The summed E-state index contributed by atoms with van der Waals surface area (Å²) in [5.41, 5.74) is 3.60. The number of nitrogens with one attached hydrogen (secondary N) is 1. The second kappa shape index (κ2) is 8.43. The van der Waals surface area contributed by atoms with Crippen LogP contribution in [0.1, 0.15) is 23.5 Å². The van der Waals surface area contributed by atoms with Crippen molar-refractivity contribution in [3.05, 3.63) is 108 Å². The summed E-state index contributed by atoms with van der Waals surface area (Å²) in [6, 6.07) is 23.7. The molecule has 1 saturated heterocycles. The van der Waals surface area contributed by atoms with Gasteiger partial charge in [-0.3, -0.25) is 4.98 Å². The Bertz CT molecular complexity index is 1240. The number of benzene rings is 2. The third kappa shape index (κ3) is 3.50. The lowest BCUT2D eigenvalue weighted by molar-refractivity contribution is 0.414. The average Bonchev–Trinajstić information content (AvgIpc) is 3.44. The minimum Gasteiger partial charge on any atom is -0.495 e. The van der Waals surface area contributed by atoms with Gasteiger partial charge in [0.25, 0.3) is 0 Å². The Morgan fingerprint density at radius 2 is 1.75 bits per heavy atom. The van der Waals surface area contributed by atoms with Crippen LogP contribution in [0.5, 0.6) is 5.75 Å². The summed E-state index contributed by atoms with van der Waals surface area (Å²) < 4.78 is 21.3. The molecule has 2 aromatic carbocycles. The van der Waals surface area contributed by atoms with Gasteiger partial charge in [0.05, 0.1) is 24.5 Å². The normalized spacial score (nSPS) is 17.9. The molecule has 32 heavy (non-hydrogen) atoms. The number of methoxy groups -OCH3 is 1. The second-order valence-corrected chi connectivity index (χ2v) is 7.83. The molecule has 5 rings (SSSR count). The van der Waals surface area contributed by atoms with E-state index < -0.39 is 0 Å². The first-order valence-corrected chi connectivity index (χ1v) is 10.6. The standard InChI is InChI=1S/C25H21FN4OS/c1-31-22-10-3-2-8-20(22)30-24(23(28-25(30)32)19-7-4-5-15-27-19)21-9-6-16-29(21)18-13-11-17(26)12-14-18/h2-16,23-24H,1H3,(H,28,32). The van der Waals surface area contributed by atoms with Gasteiger partial charge in [-0.2, -0.15) is 0 Å². The predicted molar refractivity (Wildman–Crippen MR) is 127 cm³/mol. The molecule has 1 fully saturated rings. The molecule has 2 atom stereocenters. The number of ether oxygens (including phenoxy) is 1. The molecular weight excluding hydrogens is 423 g/mol. The Hall–Kier alpha value is -3.71. The largest absolute Gasteiger partial charge is 0.495 e. The van der Waals surface area contributed by atoms with Crippen molar-refractivity contribution in [3.63, 3.8) is 0 Å². The Morgan fingerprint density at radius 3 is 2.50 bits per heavy atom. The van der Waals surface area contributed by atoms with Gasteiger partial charge >= 0.3 is 0 Å². The van der Waals surface area contributed by atoms with Crippen molar-refractivity contribution in [2.75, 3.05) is 12.0 Å². The molecule has 3 heterocycles. The number of hydrogen-bond acceptors (Lipinski definition) is 3. The smallest absolute Gasteiger partial charge is 0.174 e. The van der Waals surface area contributed by atoms with Gasteiger partial charge in [0.1, 0.15) is 17.6 Å². The summed E-state index contributed by atoms with van der Waals surface area (Å²) >= 11 is 5.81. The number of thiocarbonyl (C=S) groups is 1. The number of para-hydroxylation sites is 2. The van der Waals surface area contributed by atoms with Crippen molar-refractivity contribution >= 4 is 23.0 Å². The molecule has 4 aromatic rings. The molecule has 0 saturated carbocycles. The van der Waals surface area contributed by atoms with Crippen LogP contribution >= 0.6 is 12.2 Å². The number of rotatable bonds is 5. The highest BCUT2D eigenvalue weighted by Crippen LogP contribution is 2.44. The van der Waals surface area contributed by atoms with Crippen molar-refractivity contribution < 1.29 is 9.13 Å². The van der Waals surface area contributed by atoms with E-state index in [2.05, 4.69) is 25.8 Å². The highest BCUT2D eigenvalue weighted by molar-refractivity contribution is 7.80. The first kappa shape index (κ1) is 20.2. The molecule has 0 bridgehead atoms. The summed E-state index contributed by atoms with van der Waals surface area (Å²) in [6.07, 6.45) is 3.75. The van der Waals surface area contributed by atoms with Gasteiger partial charge in [-0.05, 0) is 72.9 Å². The van der Waals surface area contributed by atoms with Crippen molar-refractivity contribution in [2.45, 2.75) is 12.1 Å². The van der Waals surface area contributed by atoms with Crippen LogP contribution in [0.2, 0.25) is 0 Å². The summed E-state index contributed by atoms with van der Waals surface area (Å²) in [5, 5.41) is 4.05. The zero-order valence-electron chi connectivity index (χ0n) is 17.4. The van der Waals surface area contributed by atoms with Gasteiger partial charge in [-0.1, -0.05) is 18.2 Å². The first-order chi connectivity index (χ1) is 15.7. The molecule has 0 aliphatic carbocycles. The Balaban J connectivity index is 1.68. The number of hydrogen-bond donors (Lipinski definition) is 1. The maximum Gasteiger partial charge on any atom is 0.174 e. The summed E-state index contributed by atoms with van der Waals surface area (Å²) in [5.74, 6) is 0.455. The Kier molecular flexibility index (Phi) is 5.33. The highest BCUT2D eigenvalue weighted by atomic mass is 32.1. The van der Waals surface area contributed by atoms with Gasteiger partial charge in [0.15, 0.2) is 5.11 Å². The van der Waals surface area contributed by atoms with Crippen LogP contribution in [-0.4, -0.2) is 21.8 Å². The predicted octanol–water partition coefficient (Wildman–Crippen LogP) is 5.20. The minimum atomic E-state index is -0.270. The fourth-order valence-corrected chi connectivity index (χ4v) is 4.55. The van der Waals surface area contributed by atoms with Crippen LogP contribution in [0.15, 0.2) is 91.3 Å². The van der Waals surface area contributed by atoms with Crippen molar-refractivity contribution in [3.8, 4) is 11.4 Å². The third-order valence-electron chi connectivity index (χ3n) is 5.63. The van der Waals surface area contributed by atoms with E-state index in [0.29, 0.717) is 5.11 Å². The van der Waals surface area contributed by atoms with Crippen molar-refractivity contribution in [1.82, 2.24) is 14.9 Å². The third-order valence-corrected chi connectivity index (χ3v) is 5.95. The quantitative estimate of drug-likeness (QED) is 0.429. The lowest BCUT2D eigenvalue weighted by atomic mass is 10.0. The molecule has 1 aliphatic heterocycles. The van der Waals surface area contributed by atoms with Gasteiger partial charge < -0.3 is 19.5 Å². The second-order valence-electron chi connectivity index (χ2n) is 7.45. The lowest BCUT2D eigenvalue weighted by Crippen LogP contribution is -2.30. The molecule has 5 nitrogen and oxygen atoms in total. The zero-order valence-corrected chi connectivity index (χ0v) is 18.2. The van der Waals surface area contributed by atoms with Crippen LogP contribution in [0.25, 0.3) is 5.69 Å². The van der Waals surface area contributed by atoms with Gasteiger partial charge in [-0.25, -0.2) is 4.39 Å². The summed E-state index contributed by atoms with van der Waals surface area (Å²) in [6.45, 7) is 0. The molecule has 1 aliphatic rings. The van der Waals surface area contributed by atoms with Gasteiger partial charge in [-0.15, -0.1) is 0 Å². The molecule has 0 spiro atoms. The van der Waals surface area contributed by atoms with E-state index in [1.807, 2.05) is 54.7 Å². The van der Waals surface area contributed by atoms with E-state index in [0.717, 1.165) is 28.5 Å². The Morgan fingerprint density at radius 1 is 0.969 bits per heavy atom. The maximum atomic E-state index is 13.6. The number of nitrogens with zero attached hydrogens (tertiary/aromatic N) is 3. The van der Waals surface area contributed by atoms with Crippen LogP contribution in [0, 0.1) is 5.82 Å². The van der Waals surface area contributed by atoms with Crippen LogP contribution in [0.3, 0.4) is 0 Å². The molecular formula is C25H21FN4OS. The molecule has 7 heteroatoms. The average molecular weight is 445 g/mol.